The van der Waals surface area contributed by atoms with Gasteiger partial charge < -0.3 is 15.6 Å². The summed E-state index contributed by atoms with van der Waals surface area (Å²) in [7, 11) is 0. The molecule has 2 rings (SSSR count). The molecule has 0 spiro atoms. The molecule has 1 aromatic heterocycles. The van der Waals surface area contributed by atoms with Crippen LogP contribution in [0.2, 0.25) is 0 Å². The molecular formula is C15H23N3O4. The largest absolute Gasteiger partial charge is 0.501 e. The van der Waals surface area contributed by atoms with E-state index in [2.05, 4.69) is 4.98 Å². The Morgan fingerprint density at radius 2 is 2.23 bits per heavy atom. The summed E-state index contributed by atoms with van der Waals surface area (Å²) in [6, 6.07) is 0. The second-order valence-electron chi connectivity index (χ2n) is 5.98. The SMILES string of the molecule is CCCC1(N)CC(C)Cn2c1nc(C(=O)OCC)c(O)c2=O. The highest BCUT2D eigenvalue weighted by Crippen LogP contribution is 2.34. The summed E-state index contributed by atoms with van der Waals surface area (Å²) in [5.41, 5.74) is 4.72. The lowest BCUT2D eigenvalue weighted by Crippen LogP contribution is -2.49. The molecule has 2 heterocycles. The molecule has 0 amide bonds. The van der Waals surface area contributed by atoms with Crippen LogP contribution in [-0.2, 0) is 16.8 Å². The number of hydrogen-bond donors (Lipinski definition) is 2. The number of esters is 1. The van der Waals surface area contributed by atoms with Gasteiger partial charge in [0.05, 0.1) is 12.1 Å². The molecule has 122 valence electrons. The Morgan fingerprint density at radius 3 is 2.82 bits per heavy atom. The van der Waals surface area contributed by atoms with Gasteiger partial charge in [-0.15, -0.1) is 0 Å². The number of ether oxygens (including phenoxy) is 1. The predicted octanol–water partition coefficient (Wildman–Crippen LogP) is 1.12. The van der Waals surface area contributed by atoms with Crippen molar-refractivity contribution in [1.29, 1.82) is 0 Å². The Balaban J connectivity index is 2.65. The highest BCUT2D eigenvalue weighted by atomic mass is 16.5. The van der Waals surface area contributed by atoms with Crippen LogP contribution in [0.5, 0.6) is 5.75 Å². The molecule has 2 atom stereocenters. The molecule has 1 aromatic rings. The van der Waals surface area contributed by atoms with E-state index in [1.807, 2.05) is 13.8 Å². The summed E-state index contributed by atoms with van der Waals surface area (Å²) in [6.45, 7) is 6.22. The fourth-order valence-corrected chi connectivity index (χ4v) is 3.19. The van der Waals surface area contributed by atoms with E-state index in [9.17, 15) is 14.7 Å². The fourth-order valence-electron chi connectivity index (χ4n) is 3.19. The van der Waals surface area contributed by atoms with Gasteiger partial charge >= 0.3 is 5.97 Å². The van der Waals surface area contributed by atoms with Gasteiger partial charge in [-0.1, -0.05) is 20.3 Å². The molecule has 0 radical (unpaired) electrons. The Kier molecular flexibility index (Phi) is 4.55. The van der Waals surface area contributed by atoms with E-state index >= 15 is 0 Å². The second kappa shape index (κ2) is 6.08. The van der Waals surface area contributed by atoms with Gasteiger partial charge in [0.1, 0.15) is 5.82 Å². The minimum atomic E-state index is -0.807. The minimum Gasteiger partial charge on any atom is -0.501 e. The van der Waals surface area contributed by atoms with Gasteiger partial charge in [-0.3, -0.25) is 9.36 Å². The monoisotopic (exact) mass is 309 g/mol. The van der Waals surface area contributed by atoms with Gasteiger partial charge in [-0.05, 0) is 25.7 Å². The number of aromatic nitrogens is 2. The Bertz CT molecular complexity index is 640. The Labute approximate surface area is 129 Å². The summed E-state index contributed by atoms with van der Waals surface area (Å²) in [5, 5.41) is 10.00. The molecule has 3 N–H and O–H groups in total. The molecule has 0 bridgehead atoms. The number of nitrogens with zero attached hydrogens (tertiary/aromatic N) is 2. The maximum atomic E-state index is 12.4. The number of nitrogens with two attached hydrogens (primary N) is 1. The molecule has 0 saturated carbocycles. The zero-order valence-corrected chi connectivity index (χ0v) is 13.3. The zero-order chi connectivity index (χ0) is 16.5. The molecule has 0 aliphatic carbocycles. The van der Waals surface area contributed by atoms with Crippen molar-refractivity contribution < 1.29 is 14.6 Å². The van der Waals surface area contributed by atoms with Gasteiger partial charge in [0, 0.05) is 6.54 Å². The summed E-state index contributed by atoms with van der Waals surface area (Å²) < 4.78 is 6.24. The van der Waals surface area contributed by atoms with Crippen LogP contribution in [0.1, 0.15) is 56.3 Å². The standard InChI is InChI=1S/C15H23N3O4/c1-4-6-15(16)7-9(3)8-18-12(20)11(19)10(17-14(15)18)13(21)22-5-2/h9,19H,4-8,16H2,1-3H3. The number of rotatable bonds is 4. The lowest BCUT2D eigenvalue weighted by Gasteiger charge is -2.38. The van der Waals surface area contributed by atoms with Crippen molar-refractivity contribution in [3.05, 3.63) is 21.9 Å². The highest BCUT2D eigenvalue weighted by Gasteiger charge is 2.39. The van der Waals surface area contributed by atoms with Crippen LogP contribution in [0.15, 0.2) is 4.79 Å². The average Bonchev–Trinajstić information content (AvgIpc) is 2.43. The molecule has 22 heavy (non-hydrogen) atoms. The maximum Gasteiger partial charge on any atom is 0.361 e. The van der Waals surface area contributed by atoms with E-state index in [1.54, 1.807) is 6.92 Å². The van der Waals surface area contributed by atoms with E-state index in [4.69, 9.17) is 10.5 Å². The number of carbonyl (C=O) groups excluding carboxylic acids is 1. The van der Waals surface area contributed by atoms with Crippen LogP contribution < -0.4 is 11.3 Å². The molecule has 1 aliphatic rings. The smallest absolute Gasteiger partial charge is 0.361 e. The third-order valence-corrected chi connectivity index (χ3v) is 3.96. The van der Waals surface area contributed by atoms with Crippen molar-refractivity contribution in [3.63, 3.8) is 0 Å². The zero-order valence-electron chi connectivity index (χ0n) is 13.3. The lowest BCUT2D eigenvalue weighted by atomic mass is 9.81. The van der Waals surface area contributed by atoms with E-state index in [0.717, 1.165) is 6.42 Å². The number of carbonyl (C=O) groups is 1. The first-order valence-corrected chi connectivity index (χ1v) is 7.64. The van der Waals surface area contributed by atoms with Crippen LogP contribution >= 0.6 is 0 Å². The van der Waals surface area contributed by atoms with Crippen LogP contribution in [-0.4, -0.2) is 27.2 Å². The summed E-state index contributed by atoms with van der Waals surface area (Å²) >= 11 is 0. The number of fused-ring (bicyclic) bond motifs is 1. The van der Waals surface area contributed by atoms with Gasteiger partial charge in [0.2, 0.25) is 5.75 Å². The van der Waals surface area contributed by atoms with E-state index in [1.165, 1.54) is 4.57 Å². The van der Waals surface area contributed by atoms with Crippen LogP contribution in [0.4, 0.5) is 0 Å². The summed E-state index contributed by atoms with van der Waals surface area (Å²) in [4.78, 5) is 28.5. The Hall–Kier alpha value is -1.89. The van der Waals surface area contributed by atoms with Crippen molar-refractivity contribution in [2.75, 3.05) is 6.61 Å². The molecule has 1 aliphatic heterocycles. The molecule has 0 fully saturated rings. The maximum absolute atomic E-state index is 12.4. The van der Waals surface area contributed by atoms with Crippen LogP contribution in [0.3, 0.4) is 0 Å². The third-order valence-electron chi connectivity index (χ3n) is 3.96. The van der Waals surface area contributed by atoms with Crippen LogP contribution in [0, 0.1) is 5.92 Å². The first kappa shape index (κ1) is 16.5. The number of aromatic hydroxyl groups is 1. The molecule has 7 nitrogen and oxygen atoms in total. The topological polar surface area (TPSA) is 107 Å². The average molecular weight is 309 g/mol. The quantitative estimate of drug-likeness (QED) is 0.807. The normalized spacial score (nSPS) is 23.9. The van der Waals surface area contributed by atoms with Gasteiger partial charge in [-0.2, -0.15) is 0 Å². The molecular weight excluding hydrogens is 286 g/mol. The number of hydrogen-bond acceptors (Lipinski definition) is 6. The van der Waals surface area contributed by atoms with Crippen molar-refractivity contribution in [2.45, 2.75) is 52.1 Å². The molecule has 0 aromatic carbocycles. The minimum absolute atomic E-state index is 0.137. The lowest BCUT2D eigenvalue weighted by molar-refractivity contribution is 0.0512. The fraction of sp³-hybridized carbons (Fsp3) is 0.667. The van der Waals surface area contributed by atoms with Crippen molar-refractivity contribution >= 4 is 5.97 Å². The van der Waals surface area contributed by atoms with Crippen molar-refractivity contribution in [2.24, 2.45) is 11.7 Å². The van der Waals surface area contributed by atoms with Gasteiger partial charge in [0.15, 0.2) is 5.69 Å². The van der Waals surface area contributed by atoms with Crippen molar-refractivity contribution in [1.82, 2.24) is 9.55 Å². The predicted molar refractivity (Wildman–Crippen MR) is 80.7 cm³/mol. The van der Waals surface area contributed by atoms with E-state index in [0.29, 0.717) is 25.2 Å². The van der Waals surface area contributed by atoms with E-state index < -0.39 is 22.8 Å². The summed E-state index contributed by atoms with van der Waals surface area (Å²) in [6.07, 6.45) is 2.16. The second-order valence-corrected chi connectivity index (χ2v) is 5.98. The molecule has 2 unspecified atom stereocenters. The third kappa shape index (κ3) is 2.72. The van der Waals surface area contributed by atoms with Gasteiger partial charge in [0.25, 0.3) is 5.56 Å². The Morgan fingerprint density at radius 1 is 1.55 bits per heavy atom. The van der Waals surface area contributed by atoms with Crippen LogP contribution in [0.25, 0.3) is 0 Å². The highest BCUT2D eigenvalue weighted by molar-refractivity contribution is 5.90. The van der Waals surface area contributed by atoms with Gasteiger partial charge in [-0.25, -0.2) is 9.78 Å². The molecule has 0 saturated heterocycles. The molecule has 7 heteroatoms. The van der Waals surface area contributed by atoms with E-state index in [-0.39, 0.29) is 18.2 Å². The first-order valence-electron chi connectivity index (χ1n) is 7.64. The first-order chi connectivity index (χ1) is 10.3. The summed E-state index contributed by atoms with van der Waals surface area (Å²) in [5.74, 6) is -0.928. The van der Waals surface area contributed by atoms with Crippen molar-refractivity contribution in [3.8, 4) is 5.75 Å².